The number of carbonyl (C=O) groups is 3. The minimum Gasteiger partial charge on any atom is -0.490 e. The van der Waals surface area contributed by atoms with Crippen LogP contribution < -0.4 is 24.4 Å². The summed E-state index contributed by atoms with van der Waals surface area (Å²) in [5.41, 5.74) is 0.988. The second-order valence-electron chi connectivity index (χ2n) is 8.70. The van der Waals surface area contributed by atoms with Gasteiger partial charge < -0.3 is 24.1 Å². The van der Waals surface area contributed by atoms with E-state index in [2.05, 4.69) is 9.73 Å². The van der Waals surface area contributed by atoms with Gasteiger partial charge in [0.05, 0.1) is 47.7 Å². The van der Waals surface area contributed by atoms with Crippen molar-refractivity contribution in [2.75, 3.05) is 26.9 Å². The van der Waals surface area contributed by atoms with E-state index in [4.69, 9.17) is 14.2 Å². The average Bonchev–Trinajstić information content (AvgIpc) is 3.25. The van der Waals surface area contributed by atoms with Crippen molar-refractivity contribution < 1.29 is 38.4 Å². The zero-order valence-corrected chi connectivity index (χ0v) is 23.6. The number of nitrogens with zero attached hydrogens (tertiary/aromatic N) is 2. The lowest BCUT2D eigenvalue weighted by molar-refractivity contribution is -0.143. The van der Waals surface area contributed by atoms with Crippen molar-refractivity contribution in [3.05, 3.63) is 90.1 Å². The van der Waals surface area contributed by atoms with E-state index in [1.165, 1.54) is 23.8 Å². The molecule has 0 radical (unpaired) electrons. The first kappa shape index (κ1) is 29.3. The van der Waals surface area contributed by atoms with Gasteiger partial charge in [-0.1, -0.05) is 35.6 Å². The Hall–Kier alpha value is -4.71. The van der Waals surface area contributed by atoms with Gasteiger partial charge in [0.2, 0.25) is 0 Å². The third-order valence-corrected chi connectivity index (χ3v) is 7.13. The van der Waals surface area contributed by atoms with Crippen LogP contribution in [0.15, 0.2) is 63.5 Å². The van der Waals surface area contributed by atoms with Gasteiger partial charge >= 0.3 is 17.9 Å². The van der Waals surface area contributed by atoms with Crippen LogP contribution in [0.5, 0.6) is 11.5 Å². The van der Waals surface area contributed by atoms with E-state index >= 15 is 0 Å². The van der Waals surface area contributed by atoms with Gasteiger partial charge in [-0.25, -0.2) is 19.4 Å². The highest BCUT2D eigenvalue weighted by Crippen LogP contribution is 2.36. The Kier molecular flexibility index (Phi) is 9.03. The van der Waals surface area contributed by atoms with Gasteiger partial charge in [-0.15, -0.1) is 0 Å². The van der Waals surface area contributed by atoms with Crippen molar-refractivity contribution in [2.24, 2.45) is 4.99 Å². The minimum atomic E-state index is -1.12. The van der Waals surface area contributed by atoms with E-state index < -0.39 is 29.5 Å². The Balaban J connectivity index is 1.92. The molecule has 0 amide bonds. The molecule has 2 aromatic carbocycles. The number of ether oxygens (including phenoxy) is 4. The number of rotatable bonds is 10. The van der Waals surface area contributed by atoms with Crippen LogP contribution in [0.4, 0.5) is 0 Å². The molecule has 0 aliphatic carbocycles. The molecule has 0 bridgehead atoms. The van der Waals surface area contributed by atoms with Crippen molar-refractivity contribution in [3.63, 3.8) is 0 Å². The molecule has 1 aliphatic rings. The van der Waals surface area contributed by atoms with Gasteiger partial charge in [0.15, 0.2) is 22.9 Å². The standard InChI is InChI=1S/C29H28N2O9S/c1-5-38-21-13-18(11-12-20(21)40-15-23(32)37-4)25-24(28(36)39-6-2)16(3)30-29-31(25)26(33)22(41-29)14-17-9-7-8-10-19(17)27(34)35/h7-14,25H,5-6,15H2,1-4H3,(H,34,35)/b22-14+/t25-/m1/s1. The minimum absolute atomic E-state index is 0.0437. The third-order valence-electron chi connectivity index (χ3n) is 6.15. The van der Waals surface area contributed by atoms with E-state index in [0.717, 1.165) is 11.3 Å². The first-order valence-electron chi connectivity index (χ1n) is 12.7. The number of fused-ring (bicyclic) bond motifs is 1. The van der Waals surface area contributed by atoms with Gasteiger partial charge in [-0.3, -0.25) is 9.36 Å². The van der Waals surface area contributed by atoms with Crippen molar-refractivity contribution in [2.45, 2.75) is 26.8 Å². The summed E-state index contributed by atoms with van der Waals surface area (Å²) in [5.74, 6) is -1.76. The number of hydrogen-bond donors (Lipinski definition) is 1. The fourth-order valence-electron chi connectivity index (χ4n) is 4.34. The van der Waals surface area contributed by atoms with E-state index in [1.54, 1.807) is 57.2 Å². The molecule has 41 heavy (non-hydrogen) atoms. The molecule has 12 heteroatoms. The molecular formula is C29H28N2O9S. The second kappa shape index (κ2) is 12.6. The second-order valence-corrected chi connectivity index (χ2v) is 9.71. The molecular weight excluding hydrogens is 552 g/mol. The number of benzene rings is 2. The molecule has 214 valence electrons. The first-order valence-corrected chi connectivity index (χ1v) is 13.5. The van der Waals surface area contributed by atoms with Crippen molar-refractivity contribution >= 4 is 35.3 Å². The number of aromatic nitrogens is 1. The Morgan fingerprint density at radius 1 is 1.07 bits per heavy atom. The van der Waals surface area contributed by atoms with Crippen LogP contribution in [-0.4, -0.2) is 54.5 Å². The Morgan fingerprint density at radius 2 is 1.83 bits per heavy atom. The first-order chi connectivity index (χ1) is 19.7. The van der Waals surface area contributed by atoms with E-state index in [-0.39, 0.29) is 41.2 Å². The van der Waals surface area contributed by atoms with Crippen LogP contribution in [0, 0.1) is 0 Å². The summed E-state index contributed by atoms with van der Waals surface area (Å²) in [6, 6.07) is 10.3. The van der Waals surface area contributed by atoms with Crippen molar-refractivity contribution in [3.8, 4) is 11.5 Å². The predicted octanol–water partition coefficient (Wildman–Crippen LogP) is 2.45. The largest absolute Gasteiger partial charge is 0.490 e. The molecule has 4 rings (SSSR count). The normalized spacial score (nSPS) is 14.6. The van der Waals surface area contributed by atoms with Crippen molar-refractivity contribution in [1.29, 1.82) is 0 Å². The fraction of sp³-hybridized carbons (Fsp3) is 0.276. The van der Waals surface area contributed by atoms with E-state index in [9.17, 15) is 24.3 Å². The van der Waals surface area contributed by atoms with Crippen LogP contribution in [0.2, 0.25) is 0 Å². The summed E-state index contributed by atoms with van der Waals surface area (Å²) in [7, 11) is 1.25. The molecule has 1 N–H and O–H groups in total. The van der Waals surface area contributed by atoms with Gasteiger partial charge in [0.1, 0.15) is 0 Å². The highest BCUT2D eigenvalue weighted by molar-refractivity contribution is 7.07. The molecule has 2 heterocycles. The van der Waals surface area contributed by atoms with Crippen LogP contribution in [0.1, 0.15) is 48.3 Å². The summed E-state index contributed by atoms with van der Waals surface area (Å²) in [5, 5.41) is 9.60. The highest BCUT2D eigenvalue weighted by Gasteiger charge is 2.34. The van der Waals surface area contributed by atoms with Crippen LogP contribution in [0.3, 0.4) is 0 Å². The fourth-order valence-corrected chi connectivity index (χ4v) is 5.38. The summed E-state index contributed by atoms with van der Waals surface area (Å²) in [6.07, 6.45) is 1.50. The van der Waals surface area contributed by atoms with Crippen LogP contribution in [0.25, 0.3) is 6.08 Å². The monoisotopic (exact) mass is 580 g/mol. The lowest BCUT2D eigenvalue weighted by Gasteiger charge is -2.25. The number of carboxylic acids is 1. The summed E-state index contributed by atoms with van der Waals surface area (Å²) in [4.78, 5) is 55.3. The lowest BCUT2D eigenvalue weighted by atomic mass is 9.95. The van der Waals surface area contributed by atoms with Gasteiger partial charge in [0.25, 0.3) is 5.56 Å². The average molecular weight is 581 g/mol. The maximum atomic E-state index is 13.9. The number of methoxy groups -OCH3 is 1. The molecule has 0 unspecified atom stereocenters. The number of thiazole rings is 1. The number of esters is 2. The Morgan fingerprint density at radius 3 is 2.51 bits per heavy atom. The van der Waals surface area contributed by atoms with E-state index in [0.29, 0.717) is 27.4 Å². The number of carbonyl (C=O) groups excluding carboxylic acids is 2. The molecule has 1 aromatic heterocycles. The maximum Gasteiger partial charge on any atom is 0.343 e. The quantitative estimate of drug-likeness (QED) is 0.358. The third kappa shape index (κ3) is 6.07. The number of aromatic carboxylic acids is 1. The lowest BCUT2D eigenvalue weighted by Crippen LogP contribution is -2.40. The van der Waals surface area contributed by atoms with Gasteiger partial charge in [-0.2, -0.15) is 0 Å². The molecule has 0 saturated carbocycles. The Bertz CT molecular complexity index is 1720. The van der Waals surface area contributed by atoms with Crippen LogP contribution >= 0.6 is 11.3 Å². The highest BCUT2D eigenvalue weighted by atomic mass is 32.1. The zero-order valence-electron chi connectivity index (χ0n) is 22.8. The van der Waals surface area contributed by atoms with Gasteiger partial charge in [0, 0.05) is 0 Å². The molecule has 0 fully saturated rings. The molecule has 1 atom stereocenters. The Labute approximate surface area is 238 Å². The zero-order chi connectivity index (χ0) is 29.7. The van der Waals surface area contributed by atoms with Crippen LogP contribution in [-0.2, 0) is 19.1 Å². The van der Waals surface area contributed by atoms with E-state index in [1.807, 2.05) is 0 Å². The summed E-state index contributed by atoms with van der Waals surface area (Å²) < 4.78 is 22.9. The topological polar surface area (TPSA) is 143 Å². The number of hydrogen-bond acceptors (Lipinski definition) is 10. The summed E-state index contributed by atoms with van der Waals surface area (Å²) in [6.45, 7) is 5.18. The van der Waals surface area contributed by atoms with Gasteiger partial charge in [-0.05, 0) is 56.2 Å². The number of carboxylic acid groups (broad SMARTS) is 1. The molecule has 0 saturated heterocycles. The molecule has 3 aromatic rings. The molecule has 11 nitrogen and oxygen atoms in total. The van der Waals surface area contributed by atoms with Crippen molar-refractivity contribution in [1.82, 2.24) is 4.57 Å². The molecule has 1 aliphatic heterocycles. The predicted molar refractivity (Wildman–Crippen MR) is 149 cm³/mol. The SMILES string of the molecule is CCOC(=O)C1=C(C)N=c2s/c(=C/c3ccccc3C(=O)O)c(=O)n2[C@@H]1c1ccc(OCC(=O)OC)c(OCC)c1. The summed E-state index contributed by atoms with van der Waals surface area (Å²) >= 11 is 1.08. The maximum absolute atomic E-state index is 13.9. The number of allylic oxidation sites excluding steroid dienone is 1. The smallest absolute Gasteiger partial charge is 0.343 e. The molecule has 0 spiro atoms.